The zero-order valence-corrected chi connectivity index (χ0v) is 11.4. The number of unbranched alkanes of at least 4 members (excludes halogenated alkanes) is 3. The highest BCUT2D eigenvalue weighted by Gasteiger charge is 2.02. The van der Waals surface area contributed by atoms with Crippen molar-refractivity contribution in [3.8, 4) is 5.75 Å². The van der Waals surface area contributed by atoms with Crippen LogP contribution in [0.3, 0.4) is 0 Å². The maximum atomic E-state index is 10.7. The average Bonchev–Trinajstić information content (AvgIpc) is 2.28. The Labute approximate surface area is 108 Å². The fraction of sp³-hybridized carbons (Fsp3) is 0.583. The standard InChI is InChI=1S/C12H20N2O3S/c1-11-12(7-6-8-14-11)17-9-4-2-3-5-10-18(13,15)16/h6-8H,2-5,9-10H2,1H3,(H2,13,15,16). The molecule has 0 aliphatic rings. The number of pyridine rings is 1. The number of sulfonamides is 1. The lowest BCUT2D eigenvalue weighted by Gasteiger charge is -2.07. The number of ether oxygens (including phenoxy) is 1. The molecule has 0 saturated carbocycles. The van der Waals surface area contributed by atoms with Gasteiger partial charge in [-0.1, -0.05) is 12.8 Å². The molecule has 0 amide bonds. The first-order valence-corrected chi connectivity index (χ1v) is 7.75. The number of rotatable bonds is 8. The summed E-state index contributed by atoms with van der Waals surface area (Å²) in [7, 11) is -3.30. The van der Waals surface area contributed by atoms with Gasteiger partial charge in [0.2, 0.25) is 10.0 Å². The zero-order chi connectivity index (χ0) is 13.4. The van der Waals surface area contributed by atoms with Crippen LogP contribution >= 0.6 is 0 Å². The van der Waals surface area contributed by atoms with Gasteiger partial charge in [-0.15, -0.1) is 0 Å². The van der Waals surface area contributed by atoms with Crippen LogP contribution in [-0.4, -0.2) is 25.8 Å². The normalized spacial score (nSPS) is 11.4. The summed E-state index contributed by atoms with van der Waals surface area (Å²) in [5.41, 5.74) is 0.881. The summed E-state index contributed by atoms with van der Waals surface area (Å²) in [5.74, 6) is 0.872. The lowest BCUT2D eigenvalue weighted by atomic mass is 10.2. The first-order chi connectivity index (χ1) is 8.49. The number of hydrogen-bond acceptors (Lipinski definition) is 4. The van der Waals surface area contributed by atoms with Crippen molar-refractivity contribution in [3.63, 3.8) is 0 Å². The predicted octanol–water partition coefficient (Wildman–Crippen LogP) is 1.62. The van der Waals surface area contributed by atoms with Crippen LogP contribution in [0.15, 0.2) is 18.3 Å². The van der Waals surface area contributed by atoms with Gasteiger partial charge in [0, 0.05) is 6.20 Å². The van der Waals surface area contributed by atoms with E-state index in [0.717, 1.165) is 30.7 Å². The Morgan fingerprint density at radius 1 is 1.28 bits per heavy atom. The highest BCUT2D eigenvalue weighted by molar-refractivity contribution is 7.89. The third-order valence-electron chi connectivity index (χ3n) is 2.54. The minimum absolute atomic E-state index is 0.0651. The largest absolute Gasteiger partial charge is 0.492 e. The van der Waals surface area contributed by atoms with E-state index in [-0.39, 0.29) is 5.75 Å². The Morgan fingerprint density at radius 2 is 2.00 bits per heavy atom. The highest BCUT2D eigenvalue weighted by atomic mass is 32.2. The van der Waals surface area contributed by atoms with Crippen molar-refractivity contribution in [3.05, 3.63) is 24.0 Å². The second-order valence-corrected chi connectivity index (χ2v) is 5.95. The fourth-order valence-corrected chi connectivity index (χ4v) is 2.17. The smallest absolute Gasteiger partial charge is 0.209 e. The van der Waals surface area contributed by atoms with Gasteiger partial charge >= 0.3 is 0 Å². The van der Waals surface area contributed by atoms with Crippen LogP contribution in [0.2, 0.25) is 0 Å². The third kappa shape index (κ3) is 6.56. The lowest BCUT2D eigenvalue weighted by Crippen LogP contribution is -2.16. The number of primary sulfonamides is 1. The van der Waals surface area contributed by atoms with E-state index in [9.17, 15) is 8.42 Å². The van der Waals surface area contributed by atoms with E-state index in [1.54, 1.807) is 6.20 Å². The molecule has 0 aromatic carbocycles. The van der Waals surface area contributed by atoms with Gasteiger partial charge in [0.25, 0.3) is 0 Å². The van der Waals surface area contributed by atoms with Gasteiger partial charge < -0.3 is 4.74 Å². The van der Waals surface area contributed by atoms with Gasteiger partial charge in [-0.25, -0.2) is 13.6 Å². The molecule has 0 spiro atoms. The van der Waals surface area contributed by atoms with E-state index in [2.05, 4.69) is 4.98 Å². The Hall–Kier alpha value is -1.14. The van der Waals surface area contributed by atoms with Crippen LogP contribution in [0.25, 0.3) is 0 Å². The summed E-state index contributed by atoms with van der Waals surface area (Å²) in [5, 5.41) is 4.91. The third-order valence-corrected chi connectivity index (χ3v) is 3.40. The van der Waals surface area contributed by atoms with Gasteiger partial charge in [-0.05, 0) is 31.9 Å². The van der Waals surface area contributed by atoms with Crippen LogP contribution in [0, 0.1) is 6.92 Å². The summed E-state index contributed by atoms with van der Waals surface area (Å²) in [4.78, 5) is 4.13. The second-order valence-electron chi connectivity index (χ2n) is 4.22. The van der Waals surface area contributed by atoms with Crippen molar-refractivity contribution in [1.29, 1.82) is 0 Å². The van der Waals surface area contributed by atoms with Gasteiger partial charge in [-0.3, -0.25) is 4.98 Å². The number of hydrogen-bond donors (Lipinski definition) is 1. The maximum Gasteiger partial charge on any atom is 0.209 e. The van der Waals surface area contributed by atoms with Crippen LogP contribution in [0.4, 0.5) is 0 Å². The Kier molecular flexibility index (Phi) is 6.07. The minimum Gasteiger partial charge on any atom is -0.492 e. The van der Waals surface area contributed by atoms with E-state index in [1.165, 1.54) is 0 Å². The lowest BCUT2D eigenvalue weighted by molar-refractivity contribution is 0.302. The van der Waals surface area contributed by atoms with Crippen molar-refractivity contribution in [2.75, 3.05) is 12.4 Å². The number of nitrogens with two attached hydrogens (primary N) is 1. The molecule has 1 aromatic rings. The molecule has 0 aliphatic carbocycles. The molecule has 0 atom stereocenters. The topological polar surface area (TPSA) is 82.3 Å². The molecular formula is C12H20N2O3S. The number of aromatic nitrogens is 1. The summed E-state index contributed by atoms with van der Waals surface area (Å²) in [6.07, 6.45) is 5.04. The second kappa shape index (κ2) is 7.33. The molecule has 6 heteroatoms. The van der Waals surface area contributed by atoms with E-state index in [4.69, 9.17) is 9.88 Å². The van der Waals surface area contributed by atoms with Crippen LogP contribution < -0.4 is 9.88 Å². The molecule has 0 unspecified atom stereocenters. The molecule has 0 saturated heterocycles. The maximum absolute atomic E-state index is 10.7. The monoisotopic (exact) mass is 272 g/mol. The Bertz CT molecular complexity index is 460. The van der Waals surface area contributed by atoms with E-state index in [1.807, 2.05) is 19.1 Å². The molecule has 1 rings (SSSR count). The summed E-state index contributed by atoms with van der Waals surface area (Å²) in [6.45, 7) is 2.53. The van der Waals surface area contributed by atoms with Crippen LogP contribution in [0.5, 0.6) is 5.75 Å². The van der Waals surface area contributed by atoms with Crippen LogP contribution in [0.1, 0.15) is 31.4 Å². The van der Waals surface area contributed by atoms with Crippen molar-refractivity contribution in [2.24, 2.45) is 5.14 Å². The van der Waals surface area contributed by atoms with Gasteiger partial charge in [0.15, 0.2) is 0 Å². The number of nitrogens with zero attached hydrogens (tertiary/aromatic N) is 1. The summed E-state index contributed by atoms with van der Waals surface area (Å²) >= 11 is 0. The summed E-state index contributed by atoms with van der Waals surface area (Å²) < 4.78 is 27.0. The predicted molar refractivity (Wildman–Crippen MR) is 70.9 cm³/mol. The molecule has 1 aromatic heterocycles. The van der Waals surface area contributed by atoms with Crippen molar-refractivity contribution >= 4 is 10.0 Å². The molecule has 0 aliphatic heterocycles. The highest BCUT2D eigenvalue weighted by Crippen LogP contribution is 2.14. The average molecular weight is 272 g/mol. The molecule has 102 valence electrons. The van der Waals surface area contributed by atoms with Crippen molar-refractivity contribution in [1.82, 2.24) is 4.98 Å². The van der Waals surface area contributed by atoms with E-state index >= 15 is 0 Å². The Balaban J connectivity index is 2.08. The molecule has 0 bridgehead atoms. The van der Waals surface area contributed by atoms with Gasteiger partial charge in [0.05, 0.1) is 18.1 Å². The summed E-state index contributed by atoms with van der Waals surface area (Å²) in [6, 6.07) is 3.73. The Morgan fingerprint density at radius 3 is 2.67 bits per heavy atom. The first-order valence-electron chi connectivity index (χ1n) is 6.04. The van der Waals surface area contributed by atoms with Gasteiger partial charge in [0.1, 0.15) is 5.75 Å². The molecule has 2 N–H and O–H groups in total. The first kappa shape index (κ1) is 14.9. The van der Waals surface area contributed by atoms with Crippen LogP contribution in [-0.2, 0) is 10.0 Å². The molecule has 18 heavy (non-hydrogen) atoms. The molecule has 0 radical (unpaired) electrons. The van der Waals surface area contributed by atoms with E-state index < -0.39 is 10.0 Å². The molecule has 5 nitrogen and oxygen atoms in total. The van der Waals surface area contributed by atoms with E-state index in [0.29, 0.717) is 13.0 Å². The quantitative estimate of drug-likeness (QED) is 0.729. The van der Waals surface area contributed by atoms with Gasteiger partial charge in [-0.2, -0.15) is 0 Å². The molecular weight excluding hydrogens is 252 g/mol. The number of aryl methyl sites for hydroxylation is 1. The SMILES string of the molecule is Cc1ncccc1OCCCCCCS(N)(=O)=O. The molecule has 1 heterocycles. The fourth-order valence-electron chi connectivity index (χ4n) is 1.56. The van der Waals surface area contributed by atoms with Crippen molar-refractivity contribution < 1.29 is 13.2 Å². The zero-order valence-electron chi connectivity index (χ0n) is 10.6. The minimum atomic E-state index is -3.30. The van der Waals surface area contributed by atoms with Crippen molar-refractivity contribution in [2.45, 2.75) is 32.6 Å². The molecule has 0 fully saturated rings.